The van der Waals surface area contributed by atoms with Crippen molar-refractivity contribution in [1.82, 2.24) is 9.55 Å². The zero-order chi connectivity index (χ0) is 19.5. The minimum atomic E-state index is -0.0403. The predicted molar refractivity (Wildman–Crippen MR) is 109 cm³/mol. The van der Waals surface area contributed by atoms with E-state index in [2.05, 4.69) is 38.7 Å². The highest BCUT2D eigenvalue weighted by atomic mass is 16.5. The summed E-state index contributed by atoms with van der Waals surface area (Å²) < 4.78 is 6.93. The number of pyridine rings is 2. The second-order valence-electron chi connectivity index (χ2n) is 8.12. The smallest absolute Gasteiger partial charge is 0.259 e. The van der Waals surface area contributed by atoms with E-state index in [0.717, 1.165) is 27.8 Å². The lowest BCUT2D eigenvalue weighted by molar-refractivity contribution is 0.414. The number of methoxy groups -OCH3 is 1. The quantitative estimate of drug-likeness (QED) is 0.654. The van der Waals surface area contributed by atoms with Crippen molar-refractivity contribution in [3.05, 3.63) is 58.8 Å². The number of rotatable bonds is 2. The third-order valence-corrected chi connectivity index (χ3v) is 3.58. The van der Waals surface area contributed by atoms with E-state index in [1.54, 1.807) is 31.1 Å². The summed E-state index contributed by atoms with van der Waals surface area (Å²) in [5, 5.41) is 1.53. The highest BCUT2D eigenvalue weighted by Crippen LogP contribution is 2.30. The molecule has 0 saturated carbocycles. The van der Waals surface area contributed by atoms with Gasteiger partial charge in [-0.1, -0.05) is 33.8 Å². The third-order valence-electron chi connectivity index (χ3n) is 3.58. The van der Waals surface area contributed by atoms with Gasteiger partial charge >= 0.3 is 0 Å². The molecule has 4 nitrogen and oxygen atoms in total. The van der Waals surface area contributed by atoms with Crippen LogP contribution >= 0.6 is 0 Å². The fourth-order valence-electron chi connectivity index (χ4n) is 2.56. The van der Waals surface area contributed by atoms with Gasteiger partial charge in [-0.3, -0.25) is 9.78 Å². The van der Waals surface area contributed by atoms with Gasteiger partial charge in [-0.2, -0.15) is 0 Å². The lowest BCUT2D eigenvalue weighted by Crippen LogP contribution is -2.16. The maximum Gasteiger partial charge on any atom is 0.259 e. The van der Waals surface area contributed by atoms with Crippen molar-refractivity contribution in [3.63, 3.8) is 0 Å². The van der Waals surface area contributed by atoms with E-state index >= 15 is 0 Å². The van der Waals surface area contributed by atoms with Crippen LogP contribution in [0.15, 0.2) is 47.7 Å². The fraction of sp³-hybridized carbons (Fsp3) is 0.364. The van der Waals surface area contributed by atoms with Gasteiger partial charge in [0.25, 0.3) is 5.56 Å². The molecule has 4 heteroatoms. The van der Waals surface area contributed by atoms with Crippen molar-refractivity contribution in [3.8, 4) is 16.9 Å². The van der Waals surface area contributed by atoms with Crippen molar-refractivity contribution < 1.29 is 4.74 Å². The second kappa shape index (κ2) is 7.73. The summed E-state index contributed by atoms with van der Waals surface area (Å²) in [6.07, 6.45) is 5.19. The van der Waals surface area contributed by atoms with Crippen LogP contribution in [0.1, 0.15) is 33.3 Å². The molecule has 26 heavy (non-hydrogen) atoms. The van der Waals surface area contributed by atoms with E-state index in [1.165, 1.54) is 0 Å². The molecule has 2 heterocycles. The van der Waals surface area contributed by atoms with E-state index in [0.29, 0.717) is 10.8 Å². The van der Waals surface area contributed by atoms with E-state index in [4.69, 9.17) is 4.74 Å². The monoisotopic (exact) mass is 352 g/mol. The number of aromatic nitrogens is 2. The molecule has 0 aliphatic carbocycles. The molecule has 3 aromatic rings. The lowest BCUT2D eigenvalue weighted by atomic mass is 10.00. The first-order chi connectivity index (χ1) is 12.1. The highest BCUT2D eigenvalue weighted by Gasteiger charge is 2.10. The average molecular weight is 352 g/mol. The molecule has 0 radical (unpaired) electrons. The normalized spacial score (nSPS) is 11.0. The number of benzene rings is 1. The molecule has 0 N–H and O–H groups in total. The van der Waals surface area contributed by atoms with E-state index in [1.807, 2.05) is 31.3 Å². The number of ether oxygens (including phenoxy) is 1. The fourth-order valence-corrected chi connectivity index (χ4v) is 2.56. The Hall–Kier alpha value is -2.62. The van der Waals surface area contributed by atoms with Gasteiger partial charge < -0.3 is 9.30 Å². The summed E-state index contributed by atoms with van der Waals surface area (Å²) in [5.74, 6) is 0.807. The Morgan fingerprint density at radius 3 is 2.35 bits per heavy atom. The number of aryl methyl sites for hydroxylation is 2. The van der Waals surface area contributed by atoms with Crippen LogP contribution in [0.5, 0.6) is 5.75 Å². The van der Waals surface area contributed by atoms with Gasteiger partial charge in [0.1, 0.15) is 5.75 Å². The Kier molecular flexibility index (Phi) is 5.86. The van der Waals surface area contributed by atoms with Crippen molar-refractivity contribution in [1.29, 1.82) is 0 Å². The Morgan fingerprint density at radius 2 is 1.73 bits per heavy atom. The Labute approximate surface area is 155 Å². The summed E-state index contributed by atoms with van der Waals surface area (Å²) >= 11 is 0. The van der Waals surface area contributed by atoms with Crippen LogP contribution in [0.3, 0.4) is 0 Å². The molecule has 0 bridgehead atoms. The largest absolute Gasteiger partial charge is 0.497 e. The molecule has 0 saturated heterocycles. The molecule has 0 atom stereocenters. The topological polar surface area (TPSA) is 44.1 Å². The molecule has 2 aromatic heterocycles. The zero-order valence-corrected chi connectivity index (χ0v) is 16.8. The maximum atomic E-state index is 12.2. The standard InChI is InChI=1S/C17H16N2O2.C5H12/c1-11-6-12(8-13(7-11)21-3)16-10-19(2)17(20)15-9-18-5-4-14(15)16;1-5(2,3)4/h4-10H,1-3H3;1-4H3. The molecule has 3 rings (SSSR count). The van der Waals surface area contributed by atoms with Gasteiger partial charge in [0.05, 0.1) is 12.5 Å². The molecule has 0 amide bonds. The third kappa shape index (κ3) is 4.94. The molecule has 0 fully saturated rings. The molecule has 0 spiro atoms. The van der Waals surface area contributed by atoms with Crippen molar-refractivity contribution in [2.24, 2.45) is 12.5 Å². The molecule has 0 unspecified atom stereocenters. The Bertz CT molecular complexity index is 960. The Morgan fingerprint density at radius 1 is 1.08 bits per heavy atom. The summed E-state index contributed by atoms with van der Waals surface area (Å²) in [5.41, 5.74) is 3.59. The highest BCUT2D eigenvalue weighted by molar-refractivity contribution is 5.95. The summed E-state index contributed by atoms with van der Waals surface area (Å²) in [6, 6.07) is 7.92. The average Bonchev–Trinajstić information content (AvgIpc) is 2.56. The van der Waals surface area contributed by atoms with Gasteiger partial charge in [-0.05, 0) is 47.1 Å². The number of fused-ring (bicyclic) bond motifs is 1. The van der Waals surface area contributed by atoms with Gasteiger partial charge in [-0.15, -0.1) is 0 Å². The van der Waals surface area contributed by atoms with Crippen LogP contribution in [-0.4, -0.2) is 16.7 Å². The van der Waals surface area contributed by atoms with Crippen LogP contribution < -0.4 is 10.3 Å². The van der Waals surface area contributed by atoms with Crippen LogP contribution in [0.25, 0.3) is 21.9 Å². The van der Waals surface area contributed by atoms with Gasteiger partial charge in [0.2, 0.25) is 0 Å². The molecular formula is C22H28N2O2. The van der Waals surface area contributed by atoms with E-state index < -0.39 is 0 Å². The summed E-state index contributed by atoms with van der Waals surface area (Å²) in [7, 11) is 3.41. The lowest BCUT2D eigenvalue weighted by Gasteiger charge is -2.11. The number of nitrogens with zero attached hydrogens (tertiary/aromatic N) is 2. The van der Waals surface area contributed by atoms with Crippen molar-refractivity contribution >= 4 is 10.8 Å². The first-order valence-corrected chi connectivity index (χ1v) is 8.69. The maximum absolute atomic E-state index is 12.2. The van der Waals surface area contributed by atoms with Crippen molar-refractivity contribution in [2.45, 2.75) is 34.6 Å². The molecule has 138 valence electrons. The zero-order valence-electron chi connectivity index (χ0n) is 16.8. The van der Waals surface area contributed by atoms with Crippen LogP contribution in [0.2, 0.25) is 0 Å². The SMILES string of the molecule is CC(C)(C)C.COc1cc(C)cc(-c2cn(C)c(=O)c3cnccc23)c1. The van der Waals surface area contributed by atoms with E-state index in [-0.39, 0.29) is 5.56 Å². The Balaban J connectivity index is 0.000000431. The number of hydrogen-bond acceptors (Lipinski definition) is 3. The van der Waals surface area contributed by atoms with Crippen molar-refractivity contribution in [2.75, 3.05) is 7.11 Å². The summed E-state index contributed by atoms with van der Waals surface area (Å²) in [4.78, 5) is 16.3. The van der Waals surface area contributed by atoms with E-state index in [9.17, 15) is 4.79 Å². The van der Waals surface area contributed by atoms with Gasteiger partial charge in [0.15, 0.2) is 0 Å². The molecule has 1 aromatic carbocycles. The van der Waals surface area contributed by atoms with Crippen LogP contribution in [-0.2, 0) is 7.05 Å². The first-order valence-electron chi connectivity index (χ1n) is 8.69. The predicted octanol–water partition coefficient (Wildman–Crippen LogP) is 4.97. The molecule has 0 aliphatic heterocycles. The second-order valence-corrected chi connectivity index (χ2v) is 8.12. The van der Waals surface area contributed by atoms with Crippen LogP contribution in [0, 0.1) is 12.3 Å². The summed E-state index contributed by atoms with van der Waals surface area (Å²) in [6.45, 7) is 10.8. The first kappa shape index (κ1) is 19.7. The number of hydrogen-bond donors (Lipinski definition) is 0. The van der Waals surface area contributed by atoms with Gasteiger partial charge in [0, 0.05) is 31.2 Å². The molecular weight excluding hydrogens is 324 g/mol. The molecule has 0 aliphatic rings. The van der Waals surface area contributed by atoms with Crippen LogP contribution in [0.4, 0.5) is 0 Å². The minimum Gasteiger partial charge on any atom is -0.497 e. The minimum absolute atomic E-state index is 0.0403. The van der Waals surface area contributed by atoms with Gasteiger partial charge in [-0.25, -0.2) is 0 Å².